The number of fused-ring (bicyclic) bond motifs is 1. The Bertz CT molecular complexity index is 907. The zero-order valence-electron chi connectivity index (χ0n) is 17.8. The van der Waals surface area contributed by atoms with Gasteiger partial charge in [-0.15, -0.1) is 0 Å². The molecule has 11 heteroatoms. The Kier molecular flexibility index (Phi) is 6.96. The molecule has 0 aromatic heterocycles. The number of benzene rings is 1. The highest BCUT2D eigenvalue weighted by Gasteiger charge is 2.52. The predicted octanol–water partition coefficient (Wildman–Crippen LogP) is 0.0210. The van der Waals surface area contributed by atoms with Crippen molar-refractivity contribution in [2.45, 2.75) is 38.0 Å². The van der Waals surface area contributed by atoms with Crippen molar-refractivity contribution in [1.29, 1.82) is 0 Å². The van der Waals surface area contributed by atoms with Crippen LogP contribution in [0.2, 0.25) is 0 Å². The molecule has 2 fully saturated rings. The molecule has 172 valence electrons. The predicted molar refractivity (Wildman–Crippen MR) is 110 cm³/mol. The number of carbonyl (C=O) groups excluding carboxylic acids is 4. The van der Waals surface area contributed by atoms with Crippen LogP contribution in [0.3, 0.4) is 0 Å². The van der Waals surface area contributed by atoms with Gasteiger partial charge in [0.05, 0.1) is 13.0 Å². The Morgan fingerprint density at radius 2 is 1.91 bits per heavy atom. The van der Waals surface area contributed by atoms with Gasteiger partial charge >= 0.3 is 12.1 Å². The summed E-state index contributed by atoms with van der Waals surface area (Å²) in [5, 5.41) is 14.3. The number of ether oxygens (including phenoxy) is 1. The third-order valence-corrected chi connectivity index (χ3v) is 5.72. The smallest absolute Gasteiger partial charge is 0.411 e. The summed E-state index contributed by atoms with van der Waals surface area (Å²) < 4.78 is 4.82. The monoisotopic (exact) mass is 446 g/mol. The van der Waals surface area contributed by atoms with Crippen LogP contribution in [0.15, 0.2) is 30.3 Å². The average molecular weight is 446 g/mol. The maximum absolute atomic E-state index is 13.2. The average Bonchev–Trinajstić information content (AvgIpc) is 3.12. The van der Waals surface area contributed by atoms with Crippen molar-refractivity contribution in [3.05, 3.63) is 35.9 Å². The summed E-state index contributed by atoms with van der Waals surface area (Å²) in [7, 11) is 1.23. The molecule has 2 aliphatic rings. The first-order valence-corrected chi connectivity index (χ1v) is 10.3. The number of carbonyl (C=O) groups is 5. The molecule has 3 rings (SSSR count). The molecule has 4 amide bonds. The van der Waals surface area contributed by atoms with Crippen LogP contribution in [-0.4, -0.2) is 83.1 Å². The molecule has 0 aliphatic carbocycles. The molecule has 1 aromatic rings. The number of carboxylic acid groups (broad SMARTS) is 1. The van der Waals surface area contributed by atoms with Crippen LogP contribution in [-0.2, 0) is 19.1 Å². The fourth-order valence-corrected chi connectivity index (χ4v) is 3.94. The third kappa shape index (κ3) is 4.66. The molecular weight excluding hydrogens is 420 g/mol. The first-order valence-electron chi connectivity index (χ1n) is 10.3. The SMILES string of the molecule is COC(=O)N1CC[C@@H](C(=O)NC[C@H](C)C(=O)O)N2C(=O)[C@@H](NC(=O)c3ccccc3)CC12. The lowest BCUT2D eigenvalue weighted by Crippen LogP contribution is -2.62. The minimum atomic E-state index is -1.05. The van der Waals surface area contributed by atoms with Gasteiger partial charge in [0, 0.05) is 25.1 Å². The summed E-state index contributed by atoms with van der Waals surface area (Å²) in [6.07, 6.45) is -1.15. The van der Waals surface area contributed by atoms with Crippen molar-refractivity contribution in [3.63, 3.8) is 0 Å². The number of methoxy groups -OCH3 is 1. The van der Waals surface area contributed by atoms with E-state index in [0.717, 1.165) is 0 Å². The molecule has 3 N–H and O–H groups in total. The first-order chi connectivity index (χ1) is 15.2. The van der Waals surface area contributed by atoms with Crippen molar-refractivity contribution in [3.8, 4) is 0 Å². The van der Waals surface area contributed by atoms with E-state index >= 15 is 0 Å². The number of hydrogen-bond donors (Lipinski definition) is 3. The Labute approximate surface area is 184 Å². The molecule has 2 aliphatic heterocycles. The van der Waals surface area contributed by atoms with E-state index in [1.165, 1.54) is 23.8 Å². The van der Waals surface area contributed by atoms with E-state index in [-0.39, 0.29) is 25.9 Å². The van der Waals surface area contributed by atoms with Crippen LogP contribution in [0.5, 0.6) is 0 Å². The van der Waals surface area contributed by atoms with Gasteiger partial charge in [-0.2, -0.15) is 0 Å². The van der Waals surface area contributed by atoms with Gasteiger partial charge < -0.3 is 25.4 Å². The summed E-state index contributed by atoms with van der Waals surface area (Å²) in [5.74, 6) is -3.28. The molecule has 2 saturated heterocycles. The quantitative estimate of drug-likeness (QED) is 0.558. The lowest BCUT2D eigenvalue weighted by molar-refractivity contribution is -0.147. The van der Waals surface area contributed by atoms with Crippen molar-refractivity contribution < 1.29 is 33.8 Å². The molecule has 1 aromatic carbocycles. The molecular formula is C21H26N4O7. The van der Waals surface area contributed by atoms with Gasteiger partial charge in [0.1, 0.15) is 18.2 Å². The van der Waals surface area contributed by atoms with Crippen molar-refractivity contribution in [2.75, 3.05) is 20.2 Å². The fourth-order valence-electron chi connectivity index (χ4n) is 3.94. The molecule has 4 atom stereocenters. The fraction of sp³-hybridized carbons (Fsp3) is 0.476. The number of amides is 4. The molecule has 11 nitrogen and oxygen atoms in total. The third-order valence-electron chi connectivity index (χ3n) is 5.72. The van der Waals surface area contributed by atoms with Gasteiger partial charge in [0.15, 0.2) is 0 Å². The second-order valence-electron chi connectivity index (χ2n) is 7.81. The second kappa shape index (κ2) is 9.67. The second-order valence-corrected chi connectivity index (χ2v) is 7.81. The van der Waals surface area contributed by atoms with Crippen molar-refractivity contribution in [2.24, 2.45) is 5.92 Å². The van der Waals surface area contributed by atoms with Gasteiger partial charge in [0.2, 0.25) is 11.8 Å². The van der Waals surface area contributed by atoms with Crippen molar-refractivity contribution >= 4 is 29.8 Å². The number of nitrogens with one attached hydrogen (secondary N) is 2. The highest BCUT2D eigenvalue weighted by molar-refractivity contribution is 5.99. The van der Waals surface area contributed by atoms with Crippen LogP contribution >= 0.6 is 0 Å². The van der Waals surface area contributed by atoms with Crippen LogP contribution in [0.25, 0.3) is 0 Å². The summed E-state index contributed by atoms with van der Waals surface area (Å²) in [5.41, 5.74) is 0.381. The van der Waals surface area contributed by atoms with Gasteiger partial charge in [0.25, 0.3) is 5.91 Å². The molecule has 0 saturated carbocycles. The van der Waals surface area contributed by atoms with Gasteiger partial charge in [-0.25, -0.2) is 4.79 Å². The molecule has 0 spiro atoms. The summed E-state index contributed by atoms with van der Waals surface area (Å²) in [6, 6.07) is 6.57. The number of aliphatic carboxylic acids is 1. The Balaban J connectivity index is 1.78. The summed E-state index contributed by atoms with van der Waals surface area (Å²) in [4.78, 5) is 64.4. The Morgan fingerprint density at radius 3 is 2.53 bits per heavy atom. The summed E-state index contributed by atoms with van der Waals surface area (Å²) in [6.45, 7) is 1.54. The van der Waals surface area contributed by atoms with Crippen molar-refractivity contribution in [1.82, 2.24) is 20.4 Å². The Hall–Kier alpha value is -3.63. The topological polar surface area (TPSA) is 145 Å². The summed E-state index contributed by atoms with van der Waals surface area (Å²) >= 11 is 0. The molecule has 32 heavy (non-hydrogen) atoms. The van der Waals surface area contributed by atoms with E-state index in [0.29, 0.717) is 5.56 Å². The van der Waals surface area contributed by atoms with E-state index in [1.807, 2.05) is 0 Å². The maximum Gasteiger partial charge on any atom is 0.411 e. The standard InChI is InChI=1S/C21H26N4O7/c1-12(20(29)30)11-22-18(27)15-8-9-24(21(31)32-2)16-10-14(19(28)25(15)16)23-17(26)13-6-4-3-5-7-13/h3-7,12,14-16H,8-11H2,1-2H3,(H,22,27)(H,23,26)(H,29,30)/t12-,14-,15-,16?/m0/s1. The lowest BCUT2D eigenvalue weighted by Gasteiger charge is -2.43. The van der Waals surface area contributed by atoms with Crippen LogP contribution in [0.4, 0.5) is 4.79 Å². The highest BCUT2D eigenvalue weighted by Crippen LogP contribution is 2.31. The van der Waals surface area contributed by atoms with E-state index in [9.17, 15) is 24.0 Å². The van der Waals surface area contributed by atoms with E-state index in [1.54, 1.807) is 30.3 Å². The molecule has 0 radical (unpaired) electrons. The number of hydrogen-bond acceptors (Lipinski definition) is 6. The highest BCUT2D eigenvalue weighted by atomic mass is 16.5. The molecule has 0 bridgehead atoms. The first kappa shape index (κ1) is 23.0. The molecule has 1 unspecified atom stereocenters. The van der Waals surface area contributed by atoms with E-state index in [2.05, 4.69) is 10.6 Å². The zero-order valence-corrected chi connectivity index (χ0v) is 17.8. The van der Waals surface area contributed by atoms with Gasteiger partial charge in [-0.1, -0.05) is 25.1 Å². The van der Waals surface area contributed by atoms with E-state index < -0.39 is 54.0 Å². The minimum absolute atomic E-state index is 0.0910. The van der Waals surface area contributed by atoms with Gasteiger partial charge in [-0.05, 0) is 18.6 Å². The van der Waals surface area contributed by atoms with Crippen LogP contribution in [0.1, 0.15) is 30.1 Å². The van der Waals surface area contributed by atoms with Crippen LogP contribution < -0.4 is 10.6 Å². The molecule has 2 heterocycles. The largest absolute Gasteiger partial charge is 0.481 e. The number of carboxylic acids is 1. The lowest BCUT2D eigenvalue weighted by atomic mass is 10.1. The Morgan fingerprint density at radius 1 is 1.22 bits per heavy atom. The number of nitrogens with zero attached hydrogens (tertiary/aromatic N) is 2. The maximum atomic E-state index is 13.2. The van der Waals surface area contributed by atoms with Crippen LogP contribution in [0, 0.1) is 5.92 Å². The normalized spacial score (nSPS) is 23.2. The zero-order chi connectivity index (χ0) is 23.4. The minimum Gasteiger partial charge on any atom is -0.481 e. The van der Waals surface area contributed by atoms with E-state index in [4.69, 9.17) is 9.84 Å². The number of rotatable bonds is 6. The van der Waals surface area contributed by atoms with Gasteiger partial charge in [-0.3, -0.25) is 24.1 Å².